The number of ether oxygens (including phenoxy) is 2. The fourth-order valence-corrected chi connectivity index (χ4v) is 2.16. The highest BCUT2D eigenvalue weighted by Crippen LogP contribution is 2.16. The molecule has 0 saturated carbocycles. The Balaban J connectivity index is 1.84. The second kappa shape index (κ2) is 6.28. The van der Waals surface area contributed by atoms with Crippen molar-refractivity contribution in [1.82, 2.24) is 0 Å². The van der Waals surface area contributed by atoms with E-state index < -0.39 is 0 Å². The molecule has 1 fully saturated rings. The summed E-state index contributed by atoms with van der Waals surface area (Å²) in [6.07, 6.45) is 1.82. The number of hydrogen-bond donors (Lipinski definition) is 0. The van der Waals surface area contributed by atoms with E-state index in [1.54, 1.807) is 0 Å². The van der Waals surface area contributed by atoms with Crippen molar-refractivity contribution in [3.63, 3.8) is 0 Å². The fourth-order valence-electron chi connectivity index (χ4n) is 1.76. The lowest BCUT2D eigenvalue weighted by Crippen LogP contribution is -2.25. The van der Waals surface area contributed by atoms with E-state index in [2.05, 4.69) is 15.9 Å². The van der Waals surface area contributed by atoms with Gasteiger partial charge in [-0.15, -0.1) is 0 Å². The highest BCUT2D eigenvalue weighted by Gasteiger charge is 2.16. The SMILES string of the molecule is O=C(CCC1OCCCO1)c1cccc(Br)c1. The molecule has 0 aliphatic carbocycles. The van der Waals surface area contributed by atoms with Crippen molar-refractivity contribution in [2.75, 3.05) is 13.2 Å². The number of halogens is 1. The van der Waals surface area contributed by atoms with E-state index in [9.17, 15) is 4.79 Å². The smallest absolute Gasteiger partial charge is 0.163 e. The molecule has 92 valence electrons. The lowest BCUT2D eigenvalue weighted by atomic mass is 10.1. The van der Waals surface area contributed by atoms with Gasteiger partial charge in [-0.25, -0.2) is 0 Å². The topological polar surface area (TPSA) is 35.5 Å². The number of carbonyl (C=O) groups is 1. The van der Waals surface area contributed by atoms with Crippen LogP contribution in [0.15, 0.2) is 28.7 Å². The van der Waals surface area contributed by atoms with Crippen molar-refractivity contribution in [3.8, 4) is 0 Å². The van der Waals surface area contributed by atoms with E-state index in [0.29, 0.717) is 12.8 Å². The molecular weight excluding hydrogens is 284 g/mol. The van der Waals surface area contributed by atoms with Crippen LogP contribution in [0.5, 0.6) is 0 Å². The second-order valence-electron chi connectivity index (χ2n) is 4.00. The Kier molecular flexibility index (Phi) is 4.71. The summed E-state index contributed by atoms with van der Waals surface area (Å²) in [6.45, 7) is 1.46. The van der Waals surface area contributed by atoms with Gasteiger partial charge in [0.2, 0.25) is 0 Å². The van der Waals surface area contributed by atoms with Gasteiger partial charge in [-0.05, 0) is 18.6 Å². The average molecular weight is 299 g/mol. The van der Waals surface area contributed by atoms with E-state index in [4.69, 9.17) is 9.47 Å². The van der Waals surface area contributed by atoms with Crippen LogP contribution in [0.4, 0.5) is 0 Å². The van der Waals surface area contributed by atoms with Crippen molar-refractivity contribution in [2.45, 2.75) is 25.6 Å². The van der Waals surface area contributed by atoms with E-state index in [1.165, 1.54) is 0 Å². The van der Waals surface area contributed by atoms with Crippen molar-refractivity contribution < 1.29 is 14.3 Å². The molecule has 1 aliphatic heterocycles. The molecule has 1 saturated heterocycles. The minimum Gasteiger partial charge on any atom is -0.353 e. The van der Waals surface area contributed by atoms with Gasteiger partial charge in [-0.1, -0.05) is 28.1 Å². The highest BCUT2D eigenvalue weighted by molar-refractivity contribution is 9.10. The number of carbonyl (C=O) groups excluding carboxylic acids is 1. The predicted octanol–water partition coefficient (Wildman–Crippen LogP) is 3.18. The molecule has 0 spiro atoms. The van der Waals surface area contributed by atoms with Gasteiger partial charge in [0.25, 0.3) is 0 Å². The number of benzene rings is 1. The maximum absolute atomic E-state index is 11.9. The first kappa shape index (κ1) is 12.7. The van der Waals surface area contributed by atoms with E-state index in [-0.39, 0.29) is 12.1 Å². The van der Waals surface area contributed by atoms with E-state index in [1.807, 2.05) is 24.3 Å². The molecule has 0 amide bonds. The van der Waals surface area contributed by atoms with Gasteiger partial charge in [0, 0.05) is 22.9 Å². The second-order valence-corrected chi connectivity index (χ2v) is 4.91. The van der Waals surface area contributed by atoms with Gasteiger partial charge in [-0.3, -0.25) is 4.79 Å². The van der Waals surface area contributed by atoms with Crippen LogP contribution in [0.3, 0.4) is 0 Å². The summed E-state index contributed by atoms with van der Waals surface area (Å²) in [4.78, 5) is 11.9. The van der Waals surface area contributed by atoms with Crippen LogP contribution < -0.4 is 0 Å². The summed E-state index contributed by atoms with van der Waals surface area (Å²) in [7, 11) is 0. The van der Waals surface area contributed by atoms with Crippen molar-refractivity contribution >= 4 is 21.7 Å². The first-order valence-corrected chi connectivity index (χ1v) is 6.57. The largest absolute Gasteiger partial charge is 0.353 e. The number of ketones is 1. The monoisotopic (exact) mass is 298 g/mol. The first-order valence-electron chi connectivity index (χ1n) is 5.78. The number of rotatable bonds is 4. The Morgan fingerprint density at radius 3 is 2.82 bits per heavy atom. The number of Topliss-reactive ketones (excluding diaryl/α,β-unsaturated/α-hetero) is 1. The molecule has 0 bridgehead atoms. The van der Waals surface area contributed by atoms with Crippen LogP contribution in [-0.2, 0) is 9.47 Å². The summed E-state index contributed by atoms with van der Waals surface area (Å²) in [6, 6.07) is 7.44. The predicted molar refractivity (Wildman–Crippen MR) is 68.0 cm³/mol. The third kappa shape index (κ3) is 3.91. The standard InChI is InChI=1S/C13H15BrO3/c14-11-4-1-3-10(9-11)12(15)5-6-13-16-7-2-8-17-13/h1,3-4,9,13H,2,5-8H2. The highest BCUT2D eigenvalue weighted by atomic mass is 79.9. The van der Waals surface area contributed by atoms with Crippen LogP contribution in [0.2, 0.25) is 0 Å². The molecule has 3 nitrogen and oxygen atoms in total. The summed E-state index contributed by atoms with van der Waals surface area (Å²) < 4.78 is 11.7. The Labute approximate surface area is 109 Å². The minimum absolute atomic E-state index is 0.129. The molecule has 0 N–H and O–H groups in total. The average Bonchev–Trinajstić information content (AvgIpc) is 2.37. The lowest BCUT2D eigenvalue weighted by Gasteiger charge is -2.22. The quantitative estimate of drug-likeness (QED) is 0.801. The zero-order chi connectivity index (χ0) is 12.1. The van der Waals surface area contributed by atoms with Gasteiger partial charge >= 0.3 is 0 Å². The van der Waals surface area contributed by atoms with Crippen LogP contribution in [-0.4, -0.2) is 25.3 Å². The van der Waals surface area contributed by atoms with Gasteiger partial charge < -0.3 is 9.47 Å². The van der Waals surface area contributed by atoms with E-state index in [0.717, 1.165) is 29.7 Å². The molecule has 0 unspecified atom stereocenters. The van der Waals surface area contributed by atoms with Crippen LogP contribution in [0.1, 0.15) is 29.6 Å². The summed E-state index contributed by atoms with van der Waals surface area (Å²) in [5.74, 6) is 0.129. The molecule has 0 radical (unpaired) electrons. The molecule has 1 aliphatic rings. The minimum atomic E-state index is -0.208. The number of hydrogen-bond acceptors (Lipinski definition) is 3. The molecular formula is C13H15BrO3. The van der Waals surface area contributed by atoms with Gasteiger partial charge in [0.1, 0.15) is 0 Å². The third-order valence-electron chi connectivity index (χ3n) is 2.65. The van der Waals surface area contributed by atoms with Crippen LogP contribution in [0, 0.1) is 0 Å². The van der Waals surface area contributed by atoms with Crippen LogP contribution in [0.25, 0.3) is 0 Å². The molecule has 0 atom stereocenters. The normalized spacial score (nSPS) is 17.0. The molecule has 2 rings (SSSR count). The Morgan fingerprint density at radius 1 is 1.35 bits per heavy atom. The third-order valence-corrected chi connectivity index (χ3v) is 3.14. The molecule has 1 heterocycles. The van der Waals surface area contributed by atoms with Crippen molar-refractivity contribution in [3.05, 3.63) is 34.3 Å². The van der Waals surface area contributed by atoms with Crippen molar-refractivity contribution in [1.29, 1.82) is 0 Å². The Morgan fingerprint density at radius 2 is 2.12 bits per heavy atom. The van der Waals surface area contributed by atoms with Crippen LogP contribution >= 0.6 is 15.9 Å². The first-order chi connectivity index (χ1) is 8.25. The molecule has 4 heteroatoms. The summed E-state index contributed by atoms with van der Waals surface area (Å²) >= 11 is 3.36. The van der Waals surface area contributed by atoms with E-state index >= 15 is 0 Å². The fraction of sp³-hybridized carbons (Fsp3) is 0.462. The molecule has 1 aromatic carbocycles. The maximum atomic E-state index is 11.9. The van der Waals surface area contributed by atoms with Crippen molar-refractivity contribution in [2.24, 2.45) is 0 Å². The zero-order valence-corrected chi connectivity index (χ0v) is 11.1. The summed E-state index contributed by atoms with van der Waals surface area (Å²) in [5.41, 5.74) is 0.732. The Bertz CT molecular complexity index is 386. The molecule has 1 aromatic rings. The summed E-state index contributed by atoms with van der Waals surface area (Å²) in [5, 5.41) is 0. The molecule has 0 aromatic heterocycles. The Hall–Kier alpha value is -0.710. The van der Waals surface area contributed by atoms with Gasteiger partial charge in [0.15, 0.2) is 12.1 Å². The maximum Gasteiger partial charge on any atom is 0.163 e. The molecule has 17 heavy (non-hydrogen) atoms. The zero-order valence-electron chi connectivity index (χ0n) is 9.52. The van der Waals surface area contributed by atoms with Gasteiger partial charge in [-0.2, -0.15) is 0 Å². The lowest BCUT2D eigenvalue weighted by molar-refractivity contribution is -0.180. The van der Waals surface area contributed by atoms with Gasteiger partial charge in [0.05, 0.1) is 13.2 Å².